The molecule has 5 heteroatoms. The van der Waals surface area contributed by atoms with E-state index in [2.05, 4.69) is 10.3 Å². The van der Waals surface area contributed by atoms with Crippen LogP contribution < -0.4 is 5.32 Å². The Balaban J connectivity index is 2.04. The number of rotatable bonds is 3. The van der Waals surface area contributed by atoms with Gasteiger partial charge in [0.25, 0.3) is 5.91 Å². The van der Waals surface area contributed by atoms with Crippen LogP contribution in [0.15, 0.2) is 42.7 Å². The minimum Gasteiger partial charge on any atom is -0.348 e. The van der Waals surface area contributed by atoms with Crippen molar-refractivity contribution in [3.8, 4) is 0 Å². The van der Waals surface area contributed by atoms with Gasteiger partial charge in [0.05, 0.1) is 5.56 Å². The number of nitrogens with zero attached hydrogens (tertiary/aromatic N) is 1. The number of halogens is 2. The summed E-state index contributed by atoms with van der Waals surface area (Å²) < 4.78 is 13.5. The van der Waals surface area contributed by atoms with Gasteiger partial charge in [-0.2, -0.15) is 0 Å². The van der Waals surface area contributed by atoms with Crippen molar-refractivity contribution in [3.63, 3.8) is 0 Å². The van der Waals surface area contributed by atoms with E-state index in [-0.39, 0.29) is 11.7 Å². The van der Waals surface area contributed by atoms with Crippen LogP contribution >= 0.6 is 22.6 Å². The summed E-state index contributed by atoms with van der Waals surface area (Å²) in [6.45, 7) is 0.403. The van der Waals surface area contributed by atoms with Gasteiger partial charge < -0.3 is 5.32 Å². The molecule has 1 aromatic carbocycles. The van der Waals surface area contributed by atoms with E-state index in [1.165, 1.54) is 18.2 Å². The Hall–Kier alpha value is -1.50. The van der Waals surface area contributed by atoms with E-state index in [9.17, 15) is 9.18 Å². The van der Waals surface area contributed by atoms with Crippen LogP contribution in [0.3, 0.4) is 0 Å². The number of benzene rings is 1. The van der Waals surface area contributed by atoms with E-state index in [1.54, 1.807) is 12.4 Å². The van der Waals surface area contributed by atoms with Crippen LogP contribution in [-0.2, 0) is 6.54 Å². The van der Waals surface area contributed by atoms with Crippen LogP contribution in [0, 0.1) is 9.39 Å². The zero-order chi connectivity index (χ0) is 13.0. The van der Waals surface area contributed by atoms with Gasteiger partial charge in [0.1, 0.15) is 5.82 Å². The molecule has 0 spiro atoms. The highest BCUT2D eigenvalue weighted by Crippen LogP contribution is 2.13. The van der Waals surface area contributed by atoms with Gasteiger partial charge in [-0.25, -0.2) is 4.39 Å². The number of hydrogen-bond donors (Lipinski definition) is 1. The molecule has 0 saturated carbocycles. The lowest BCUT2D eigenvalue weighted by molar-refractivity contribution is 0.0950. The lowest BCUT2D eigenvalue weighted by Crippen LogP contribution is -2.23. The minimum atomic E-state index is -0.344. The molecule has 0 aliphatic heterocycles. The quantitative estimate of drug-likeness (QED) is 0.860. The second-order valence-electron chi connectivity index (χ2n) is 3.67. The van der Waals surface area contributed by atoms with E-state index < -0.39 is 0 Å². The number of carbonyl (C=O) groups is 1. The second kappa shape index (κ2) is 5.90. The summed E-state index contributed by atoms with van der Waals surface area (Å²) in [5.74, 6) is -0.563. The lowest BCUT2D eigenvalue weighted by atomic mass is 10.2. The summed E-state index contributed by atoms with van der Waals surface area (Å²) >= 11 is 1.94. The average molecular weight is 356 g/mol. The zero-order valence-electron chi connectivity index (χ0n) is 9.36. The van der Waals surface area contributed by atoms with Crippen molar-refractivity contribution >= 4 is 28.5 Å². The normalized spacial score (nSPS) is 10.1. The van der Waals surface area contributed by atoms with Crippen molar-refractivity contribution in [2.75, 3.05) is 0 Å². The lowest BCUT2D eigenvalue weighted by Gasteiger charge is -2.06. The first kappa shape index (κ1) is 12.9. The molecule has 0 saturated heterocycles. The molecule has 1 amide bonds. The first-order valence-electron chi connectivity index (χ1n) is 5.29. The molecule has 0 aliphatic rings. The number of pyridine rings is 1. The topological polar surface area (TPSA) is 42.0 Å². The maximum atomic E-state index is 12.9. The number of aromatic nitrogens is 1. The van der Waals surface area contributed by atoms with Gasteiger partial charge in [-0.15, -0.1) is 0 Å². The molecule has 1 N–H and O–H groups in total. The molecular weight excluding hydrogens is 346 g/mol. The molecule has 0 atom stereocenters. The predicted octanol–water partition coefficient (Wildman–Crippen LogP) is 2.76. The Morgan fingerprint density at radius 3 is 2.89 bits per heavy atom. The average Bonchev–Trinajstić information content (AvgIpc) is 2.37. The van der Waals surface area contributed by atoms with Gasteiger partial charge in [0.2, 0.25) is 0 Å². The fourth-order valence-corrected chi connectivity index (χ4v) is 2.18. The van der Waals surface area contributed by atoms with Gasteiger partial charge >= 0.3 is 0 Å². The number of hydrogen-bond acceptors (Lipinski definition) is 2. The molecule has 1 heterocycles. The Bertz CT molecular complexity index is 560. The zero-order valence-corrected chi connectivity index (χ0v) is 11.5. The second-order valence-corrected chi connectivity index (χ2v) is 4.83. The summed E-state index contributed by atoms with van der Waals surface area (Å²) in [6.07, 6.45) is 3.37. The summed E-state index contributed by atoms with van der Waals surface area (Å²) in [5.41, 5.74) is 1.39. The smallest absolute Gasteiger partial charge is 0.252 e. The van der Waals surface area contributed by atoms with Gasteiger partial charge in [-0.1, -0.05) is 6.07 Å². The van der Waals surface area contributed by atoms with E-state index in [0.29, 0.717) is 15.7 Å². The molecule has 2 aromatic rings. The minimum absolute atomic E-state index is 0.219. The van der Waals surface area contributed by atoms with Crippen LogP contribution in [0.25, 0.3) is 0 Å². The highest BCUT2D eigenvalue weighted by molar-refractivity contribution is 14.1. The summed E-state index contributed by atoms with van der Waals surface area (Å²) in [5, 5.41) is 2.77. The van der Waals surface area contributed by atoms with E-state index in [0.717, 1.165) is 5.56 Å². The number of nitrogens with one attached hydrogen (secondary N) is 1. The first-order chi connectivity index (χ1) is 8.66. The first-order valence-corrected chi connectivity index (χ1v) is 6.37. The van der Waals surface area contributed by atoms with Crippen molar-refractivity contribution in [1.82, 2.24) is 10.3 Å². The van der Waals surface area contributed by atoms with Crippen LogP contribution in [0.5, 0.6) is 0 Å². The van der Waals surface area contributed by atoms with Crippen LogP contribution in [-0.4, -0.2) is 10.9 Å². The Morgan fingerprint density at radius 2 is 2.22 bits per heavy atom. The van der Waals surface area contributed by atoms with Gasteiger partial charge in [0, 0.05) is 22.5 Å². The van der Waals surface area contributed by atoms with Crippen LogP contribution in [0.1, 0.15) is 15.9 Å². The fourth-order valence-electron chi connectivity index (χ4n) is 1.45. The standard InChI is InChI=1S/C13H10FIN2O/c14-10-3-4-11(12(15)6-10)13(18)17-8-9-2-1-5-16-7-9/h1-7H,8H2,(H,17,18). The molecule has 18 heavy (non-hydrogen) atoms. The molecular formula is C13H10FIN2O. The molecule has 0 bridgehead atoms. The SMILES string of the molecule is O=C(NCc1cccnc1)c1ccc(F)cc1I. The van der Waals surface area contributed by atoms with Gasteiger partial charge in [0.15, 0.2) is 0 Å². The molecule has 0 unspecified atom stereocenters. The summed E-state index contributed by atoms with van der Waals surface area (Å²) in [4.78, 5) is 15.9. The van der Waals surface area contributed by atoms with Crippen molar-refractivity contribution in [1.29, 1.82) is 0 Å². The molecule has 1 aromatic heterocycles. The molecule has 3 nitrogen and oxygen atoms in total. The molecule has 0 radical (unpaired) electrons. The molecule has 0 fully saturated rings. The summed E-state index contributed by atoms with van der Waals surface area (Å²) in [6, 6.07) is 7.78. The third-order valence-corrected chi connectivity index (χ3v) is 3.24. The highest BCUT2D eigenvalue weighted by Gasteiger charge is 2.10. The van der Waals surface area contributed by atoms with Gasteiger partial charge in [-0.05, 0) is 52.4 Å². The third-order valence-electron chi connectivity index (χ3n) is 2.35. The van der Waals surface area contributed by atoms with Crippen molar-refractivity contribution in [2.45, 2.75) is 6.54 Å². The molecule has 92 valence electrons. The highest BCUT2D eigenvalue weighted by atomic mass is 127. The Kier molecular flexibility index (Phi) is 4.24. The molecule has 2 rings (SSSR count). The van der Waals surface area contributed by atoms with Crippen molar-refractivity contribution in [3.05, 3.63) is 63.2 Å². The van der Waals surface area contributed by atoms with E-state index in [4.69, 9.17) is 0 Å². The fraction of sp³-hybridized carbons (Fsp3) is 0.0769. The number of amides is 1. The van der Waals surface area contributed by atoms with Crippen molar-refractivity contribution in [2.24, 2.45) is 0 Å². The summed E-state index contributed by atoms with van der Waals surface area (Å²) in [7, 11) is 0. The predicted molar refractivity (Wildman–Crippen MR) is 74.5 cm³/mol. The Labute approximate surface area is 118 Å². The maximum Gasteiger partial charge on any atom is 0.252 e. The monoisotopic (exact) mass is 356 g/mol. The van der Waals surface area contributed by atoms with E-state index in [1.807, 2.05) is 34.7 Å². The van der Waals surface area contributed by atoms with E-state index >= 15 is 0 Å². The number of carbonyl (C=O) groups excluding carboxylic acids is 1. The van der Waals surface area contributed by atoms with Crippen molar-refractivity contribution < 1.29 is 9.18 Å². The van der Waals surface area contributed by atoms with Gasteiger partial charge in [-0.3, -0.25) is 9.78 Å². The molecule has 0 aliphatic carbocycles. The Morgan fingerprint density at radius 1 is 1.39 bits per heavy atom. The maximum absolute atomic E-state index is 12.9. The largest absolute Gasteiger partial charge is 0.348 e. The van der Waals surface area contributed by atoms with Crippen LogP contribution in [0.2, 0.25) is 0 Å². The third kappa shape index (κ3) is 3.25. The van der Waals surface area contributed by atoms with Crippen LogP contribution in [0.4, 0.5) is 4.39 Å².